The van der Waals surface area contributed by atoms with Gasteiger partial charge in [0.2, 0.25) is 0 Å². The molecule has 0 aliphatic carbocycles. The van der Waals surface area contributed by atoms with Crippen LogP contribution >= 0.6 is 11.6 Å². The Labute approximate surface area is 101 Å². The summed E-state index contributed by atoms with van der Waals surface area (Å²) in [6.45, 7) is 2.15. The molecule has 82 valence electrons. The lowest BCUT2D eigenvalue weighted by atomic mass is 10.0. The number of nitrogens with two attached hydrogens (primary N) is 1. The zero-order valence-electron chi connectivity index (χ0n) is 9.20. The third-order valence-corrected chi connectivity index (χ3v) is 3.04. The molecule has 0 heterocycles. The predicted octanol–water partition coefficient (Wildman–Crippen LogP) is 4.15. The smallest absolute Gasteiger partial charge is 0.0635 e. The van der Waals surface area contributed by atoms with Gasteiger partial charge in [0.25, 0.3) is 0 Å². The second-order valence-electron chi connectivity index (χ2n) is 3.79. The summed E-state index contributed by atoms with van der Waals surface area (Å²) in [6.07, 6.45) is 1.06. The summed E-state index contributed by atoms with van der Waals surface area (Å²) in [5.74, 6) is 0. The van der Waals surface area contributed by atoms with E-state index in [0.29, 0.717) is 10.7 Å². The first-order valence-corrected chi connectivity index (χ1v) is 5.73. The Balaban J connectivity index is 2.38. The highest BCUT2D eigenvalue weighted by Gasteiger charge is 2.01. The molecule has 0 unspecified atom stereocenters. The Morgan fingerprint density at radius 2 is 1.62 bits per heavy atom. The SMILES string of the molecule is CCc1ccc(-c2ccc(Cl)c(N)c2)cc1. The van der Waals surface area contributed by atoms with Crippen LogP contribution in [0, 0.1) is 0 Å². The molecule has 0 radical (unpaired) electrons. The number of nitrogen functional groups attached to an aromatic ring is 1. The lowest BCUT2D eigenvalue weighted by Gasteiger charge is -2.05. The van der Waals surface area contributed by atoms with Crippen LogP contribution in [0.5, 0.6) is 0 Å². The van der Waals surface area contributed by atoms with Crippen molar-refractivity contribution in [3.63, 3.8) is 0 Å². The number of hydrogen-bond acceptors (Lipinski definition) is 1. The Bertz CT molecular complexity index is 489. The van der Waals surface area contributed by atoms with Crippen LogP contribution < -0.4 is 5.73 Å². The van der Waals surface area contributed by atoms with Gasteiger partial charge in [-0.15, -0.1) is 0 Å². The third-order valence-electron chi connectivity index (χ3n) is 2.69. The third kappa shape index (κ3) is 2.20. The van der Waals surface area contributed by atoms with Crippen molar-refractivity contribution >= 4 is 17.3 Å². The van der Waals surface area contributed by atoms with E-state index in [0.717, 1.165) is 12.0 Å². The number of aryl methyl sites for hydroxylation is 1. The van der Waals surface area contributed by atoms with Gasteiger partial charge in [-0.3, -0.25) is 0 Å². The van der Waals surface area contributed by atoms with Crippen LogP contribution in [0.15, 0.2) is 42.5 Å². The van der Waals surface area contributed by atoms with Crippen LogP contribution in [-0.4, -0.2) is 0 Å². The summed E-state index contributed by atoms with van der Waals surface area (Å²) in [6, 6.07) is 14.2. The fraction of sp³-hybridized carbons (Fsp3) is 0.143. The van der Waals surface area contributed by atoms with Gasteiger partial charge in [-0.05, 0) is 35.2 Å². The standard InChI is InChI=1S/C14H14ClN/c1-2-10-3-5-11(6-4-10)12-7-8-13(15)14(16)9-12/h3-9H,2,16H2,1H3. The fourth-order valence-electron chi connectivity index (χ4n) is 1.66. The highest BCUT2D eigenvalue weighted by atomic mass is 35.5. The maximum Gasteiger partial charge on any atom is 0.0635 e. The van der Waals surface area contributed by atoms with Crippen LogP contribution in [0.2, 0.25) is 5.02 Å². The van der Waals surface area contributed by atoms with Crippen molar-refractivity contribution in [2.45, 2.75) is 13.3 Å². The summed E-state index contributed by atoms with van der Waals surface area (Å²) in [7, 11) is 0. The number of rotatable bonds is 2. The quantitative estimate of drug-likeness (QED) is 0.772. The minimum Gasteiger partial charge on any atom is -0.398 e. The second kappa shape index (κ2) is 4.58. The normalized spacial score (nSPS) is 10.4. The van der Waals surface area contributed by atoms with Crippen LogP contribution in [0.1, 0.15) is 12.5 Å². The average Bonchev–Trinajstić information content (AvgIpc) is 2.33. The molecule has 0 amide bonds. The van der Waals surface area contributed by atoms with Crippen LogP contribution in [0.3, 0.4) is 0 Å². The van der Waals surface area contributed by atoms with Gasteiger partial charge in [0.1, 0.15) is 0 Å². The lowest BCUT2D eigenvalue weighted by Crippen LogP contribution is -1.87. The van der Waals surface area contributed by atoms with E-state index in [1.807, 2.05) is 18.2 Å². The van der Waals surface area contributed by atoms with Gasteiger partial charge in [-0.1, -0.05) is 48.9 Å². The Morgan fingerprint density at radius 3 is 2.19 bits per heavy atom. The van der Waals surface area contributed by atoms with Crippen molar-refractivity contribution in [2.24, 2.45) is 0 Å². The van der Waals surface area contributed by atoms with Crippen molar-refractivity contribution in [3.8, 4) is 11.1 Å². The number of halogens is 1. The first-order chi connectivity index (χ1) is 7.70. The largest absolute Gasteiger partial charge is 0.398 e. The molecule has 1 nitrogen and oxygen atoms in total. The van der Waals surface area contributed by atoms with Crippen LogP contribution in [-0.2, 0) is 6.42 Å². The fourth-order valence-corrected chi connectivity index (χ4v) is 1.77. The molecule has 2 N–H and O–H groups in total. The zero-order chi connectivity index (χ0) is 11.5. The summed E-state index contributed by atoms with van der Waals surface area (Å²) in [5.41, 5.74) is 10.0. The predicted molar refractivity (Wildman–Crippen MR) is 70.7 cm³/mol. The number of anilines is 1. The minimum absolute atomic E-state index is 0.605. The van der Waals surface area contributed by atoms with Gasteiger partial charge in [0, 0.05) is 0 Å². The van der Waals surface area contributed by atoms with E-state index in [9.17, 15) is 0 Å². The maximum absolute atomic E-state index is 5.89. The lowest BCUT2D eigenvalue weighted by molar-refractivity contribution is 1.14. The summed E-state index contributed by atoms with van der Waals surface area (Å²) >= 11 is 5.89. The van der Waals surface area contributed by atoms with E-state index in [4.69, 9.17) is 17.3 Å². The zero-order valence-corrected chi connectivity index (χ0v) is 9.96. The molecule has 0 fully saturated rings. The molecule has 2 aromatic rings. The van der Waals surface area contributed by atoms with Crippen LogP contribution in [0.4, 0.5) is 5.69 Å². The molecule has 2 rings (SSSR count). The maximum atomic E-state index is 5.89. The molecule has 2 aromatic carbocycles. The summed E-state index contributed by atoms with van der Waals surface area (Å²) < 4.78 is 0. The molecule has 16 heavy (non-hydrogen) atoms. The molecule has 0 atom stereocenters. The molecular weight excluding hydrogens is 218 g/mol. The van der Waals surface area contributed by atoms with Gasteiger partial charge in [0.05, 0.1) is 10.7 Å². The Morgan fingerprint density at radius 1 is 1.00 bits per heavy atom. The van der Waals surface area contributed by atoms with Crippen molar-refractivity contribution in [2.75, 3.05) is 5.73 Å². The van der Waals surface area contributed by atoms with E-state index in [-0.39, 0.29) is 0 Å². The molecule has 0 spiro atoms. The van der Waals surface area contributed by atoms with Gasteiger partial charge in [-0.2, -0.15) is 0 Å². The molecule has 0 bridgehead atoms. The first kappa shape index (κ1) is 11.0. The van der Waals surface area contributed by atoms with E-state index < -0.39 is 0 Å². The van der Waals surface area contributed by atoms with Gasteiger partial charge < -0.3 is 5.73 Å². The van der Waals surface area contributed by atoms with Gasteiger partial charge >= 0.3 is 0 Å². The highest BCUT2D eigenvalue weighted by molar-refractivity contribution is 6.33. The van der Waals surface area contributed by atoms with E-state index >= 15 is 0 Å². The molecule has 0 aromatic heterocycles. The summed E-state index contributed by atoms with van der Waals surface area (Å²) in [4.78, 5) is 0. The highest BCUT2D eigenvalue weighted by Crippen LogP contribution is 2.26. The van der Waals surface area contributed by atoms with Crippen molar-refractivity contribution < 1.29 is 0 Å². The number of benzene rings is 2. The van der Waals surface area contributed by atoms with E-state index in [1.54, 1.807) is 0 Å². The Kier molecular flexibility index (Phi) is 3.16. The van der Waals surface area contributed by atoms with Crippen molar-refractivity contribution in [1.29, 1.82) is 0 Å². The molecule has 0 aliphatic heterocycles. The molecular formula is C14H14ClN. The minimum atomic E-state index is 0.605. The number of hydrogen-bond donors (Lipinski definition) is 1. The van der Waals surface area contributed by atoms with Gasteiger partial charge in [-0.25, -0.2) is 0 Å². The van der Waals surface area contributed by atoms with Crippen LogP contribution in [0.25, 0.3) is 11.1 Å². The molecule has 0 aliphatic rings. The monoisotopic (exact) mass is 231 g/mol. The van der Waals surface area contributed by atoms with Crippen molar-refractivity contribution in [1.82, 2.24) is 0 Å². The van der Waals surface area contributed by atoms with E-state index in [1.165, 1.54) is 11.1 Å². The Hall–Kier alpha value is -1.47. The van der Waals surface area contributed by atoms with Crippen molar-refractivity contribution in [3.05, 3.63) is 53.1 Å². The van der Waals surface area contributed by atoms with Gasteiger partial charge in [0.15, 0.2) is 0 Å². The van der Waals surface area contributed by atoms with E-state index in [2.05, 4.69) is 31.2 Å². The first-order valence-electron chi connectivity index (χ1n) is 5.35. The molecule has 0 saturated carbocycles. The molecule has 2 heteroatoms. The summed E-state index contributed by atoms with van der Waals surface area (Å²) in [5, 5.41) is 0.605. The molecule has 0 saturated heterocycles. The topological polar surface area (TPSA) is 26.0 Å². The second-order valence-corrected chi connectivity index (χ2v) is 4.19. The average molecular weight is 232 g/mol.